The van der Waals surface area contributed by atoms with E-state index in [0.717, 1.165) is 22.0 Å². The topological polar surface area (TPSA) is 95.8 Å². The van der Waals surface area contributed by atoms with Gasteiger partial charge in [0.25, 0.3) is 0 Å². The third kappa shape index (κ3) is 4.54. The van der Waals surface area contributed by atoms with Gasteiger partial charge in [0.1, 0.15) is 5.00 Å². The lowest BCUT2D eigenvalue weighted by molar-refractivity contribution is -0.133. The third-order valence-electron chi connectivity index (χ3n) is 4.10. The molecule has 0 atom stereocenters. The fourth-order valence-corrected chi connectivity index (χ4v) is 3.48. The second-order valence-electron chi connectivity index (χ2n) is 6.40. The Kier molecular flexibility index (Phi) is 5.20. The maximum Gasteiger partial charge on any atom is 0.390 e. The zero-order valence-corrected chi connectivity index (χ0v) is 16.1. The molecule has 12 heteroatoms. The van der Waals surface area contributed by atoms with E-state index >= 15 is 0 Å². The van der Waals surface area contributed by atoms with Crippen LogP contribution in [0.2, 0.25) is 0 Å². The van der Waals surface area contributed by atoms with Gasteiger partial charge in [-0.3, -0.25) is 9.50 Å². The summed E-state index contributed by atoms with van der Waals surface area (Å²) in [6, 6.07) is 1.78. The quantitative estimate of drug-likeness (QED) is 0.394. The minimum Gasteiger partial charge on any atom is -0.328 e. The van der Waals surface area contributed by atoms with Crippen molar-refractivity contribution in [3.05, 3.63) is 42.2 Å². The van der Waals surface area contributed by atoms with Crippen molar-refractivity contribution in [1.82, 2.24) is 34.3 Å². The van der Waals surface area contributed by atoms with Crippen LogP contribution in [0.4, 0.5) is 24.0 Å². The molecule has 0 aliphatic carbocycles. The summed E-state index contributed by atoms with van der Waals surface area (Å²) in [6.07, 6.45) is 2.10. The average Bonchev–Trinajstić information content (AvgIpc) is 3.38. The van der Waals surface area contributed by atoms with Gasteiger partial charge < -0.3 is 10.6 Å². The highest BCUT2D eigenvalue weighted by molar-refractivity contribution is 7.10. The normalized spacial score (nSPS) is 12.0. The Morgan fingerprint density at radius 1 is 1.28 bits per heavy atom. The molecular weight excluding hydrogens is 405 g/mol. The van der Waals surface area contributed by atoms with Gasteiger partial charge in [0.2, 0.25) is 0 Å². The van der Waals surface area contributed by atoms with Crippen LogP contribution in [0.5, 0.6) is 0 Å². The highest BCUT2D eigenvalue weighted by Gasteiger charge is 2.25. The Hall–Kier alpha value is -2.99. The van der Waals surface area contributed by atoms with Crippen molar-refractivity contribution >= 4 is 28.0 Å². The molecule has 4 aromatic rings. The largest absolute Gasteiger partial charge is 0.390 e. The summed E-state index contributed by atoms with van der Waals surface area (Å²) in [5, 5.41) is 13.4. The molecule has 0 aliphatic heterocycles. The SMILES string of the molecule is Cc1cn2c(-c3cn[nH]c3)cnc2c(Nc2cc(CNCCC(F)(F)F)ns2)n1. The number of aromatic amines is 1. The van der Waals surface area contributed by atoms with Gasteiger partial charge in [-0.25, -0.2) is 9.97 Å². The first-order chi connectivity index (χ1) is 13.9. The van der Waals surface area contributed by atoms with Gasteiger partial charge >= 0.3 is 6.18 Å². The minimum absolute atomic E-state index is 0.144. The molecular formula is C17H17F3N8S. The molecule has 0 bridgehead atoms. The summed E-state index contributed by atoms with van der Waals surface area (Å²) >= 11 is 1.21. The first-order valence-electron chi connectivity index (χ1n) is 8.73. The van der Waals surface area contributed by atoms with E-state index in [0.29, 0.717) is 17.2 Å². The number of fused-ring (bicyclic) bond motifs is 1. The predicted molar refractivity (Wildman–Crippen MR) is 103 cm³/mol. The summed E-state index contributed by atoms with van der Waals surface area (Å²) < 4.78 is 42.8. The van der Waals surface area contributed by atoms with Gasteiger partial charge in [-0.05, 0) is 24.5 Å². The van der Waals surface area contributed by atoms with E-state index in [2.05, 4.69) is 35.2 Å². The van der Waals surface area contributed by atoms with Crippen LogP contribution < -0.4 is 10.6 Å². The number of nitrogens with one attached hydrogen (secondary N) is 3. The van der Waals surface area contributed by atoms with Gasteiger partial charge in [0.15, 0.2) is 11.5 Å². The number of H-pyrrole nitrogens is 1. The number of anilines is 2. The molecule has 4 heterocycles. The van der Waals surface area contributed by atoms with E-state index in [1.165, 1.54) is 11.5 Å². The Balaban J connectivity index is 1.49. The average molecular weight is 422 g/mol. The van der Waals surface area contributed by atoms with E-state index < -0.39 is 12.6 Å². The molecule has 0 amide bonds. The van der Waals surface area contributed by atoms with Crippen LogP contribution in [0.25, 0.3) is 16.9 Å². The minimum atomic E-state index is -4.16. The molecule has 0 saturated heterocycles. The number of aryl methyl sites for hydroxylation is 1. The molecule has 29 heavy (non-hydrogen) atoms. The van der Waals surface area contributed by atoms with Crippen molar-refractivity contribution in [2.24, 2.45) is 0 Å². The van der Waals surface area contributed by atoms with Crippen molar-refractivity contribution in [1.29, 1.82) is 0 Å². The predicted octanol–water partition coefficient (Wildman–Crippen LogP) is 3.67. The third-order valence-corrected chi connectivity index (χ3v) is 4.84. The molecule has 0 fully saturated rings. The lowest BCUT2D eigenvalue weighted by Crippen LogP contribution is -2.21. The second kappa shape index (κ2) is 7.79. The summed E-state index contributed by atoms with van der Waals surface area (Å²) in [4.78, 5) is 8.99. The first-order valence-corrected chi connectivity index (χ1v) is 9.50. The van der Waals surface area contributed by atoms with Crippen molar-refractivity contribution < 1.29 is 13.2 Å². The Labute approximate surface area is 167 Å². The number of rotatable bonds is 7. The smallest absolute Gasteiger partial charge is 0.328 e. The van der Waals surface area contributed by atoms with Crippen LogP contribution in [-0.2, 0) is 6.54 Å². The van der Waals surface area contributed by atoms with Crippen LogP contribution >= 0.6 is 11.5 Å². The lowest BCUT2D eigenvalue weighted by atomic mass is 10.3. The zero-order valence-electron chi connectivity index (χ0n) is 15.3. The van der Waals surface area contributed by atoms with E-state index in [-0.39, 0.29) is 13.1 Å². The standard InChI is InChI=1S/C17H17F3N8S/c1-10-9-28-13(11-5-23-24-6-11)8-22-16(28)15(25-10)26-14-4-12(27-29-14)7-21-3-2-17(18,19)20/h4-6,8-9,21H,2-3,7H2,1H3,(H,23,24)(H,25,26). The monoisotopic (exact) mass is 422 g/mol. The van der Waals surface area contributed by atoms with Crippen molar-refractivity contribution in [3.8, 4) is 11.3 Å². The fraction of sp³-hybridized carbons (Fsp3) is 0.294. The maximum absolute atomic E-state index is 12.2. The summed E-state index contributed by atoms with van der Waals surface area (Å²) in [5.41, 5.74) is 3.87. The van der Waals surface area contributed by atoms with Crippen LogP contribution in [0.1, 0.15) is 17.8 Å². The van der Waals surface area contributed by atoms with E-state index in [4.69, 9.17) is 0 Å². The summed E-state index contributed by atoms with van der Waals surface area (Å²) in [5.74, 6) is 0.569. The van der Waals surface area contributed by atoms with Gasteiger partial charge in [-0.1, -0.05) is 0 Å². The highest BCUT2D eigenvalue weighted by atomic mass is 32.1. The molecule has 4 aromatic heterocycles. The van der Waals surface area contributed by atoms with E-state index in [1.54, 1.807) is 24.7 Å². The lowest BCUT2D eigenvalue weighted by Gasteiger charge is -2.07. The van der Waals surface area contributed by atoms with Crippen LogP contribution in [0.3, 0.4) is 0 Å². The van der Waals surface area contributed by atoms with E-state index in [9.17, 15) is 13.2 Å². The number of imidazole rings is 1. The summed E-state index contributed by atoms with van der Waals surface area (Å²) in [7, 11) is 0. The van der Waals surface area contributed by atoms with Gasteiger partial charge in [0, 0.05) is 31.0 Å². The molecule has 3 N–H and O–H groups in total. The van der Waals surface area contributed by atoms with Crippen molar-refractivity contribution in [2.45, 2.75) is 26.1 Å². The number of hydrogen-bond donors (Lipinski definition) is 3. The highest BCUT2D eigenvalue weighted by Crippen LogP contribution is 2.27. The first kappa shape index (κ1) is 19.3. The Morgan fingerprint density at radius 3 is 2.90 bits per heavy atom. The molecule has 0 aliphatic rings. The number of alkyl halides is 3. The number of halogens is 3. The van der Waals surface area contributed by atoms with Gasteiger partial charge in [-0.2, -0.15) is 22.6 Å². The Bertz CT molecular complexity index is 1100. The molecule has 8 nitrogen and oxygen atoms in total. The molecule has 0 saturated carbocycles. The number of nitrogens with zero attached hydrogens (tertiary/aromatic N) is 5. The van der Waals surface area contributed by atoms with Crippen LogP contribution in [-0.4, -0.2) is 41.7 Å². The molecule has 0 aromatic carbocycles. The van der Waals surface area contributed by atoms with Crippen molar-refractivity contribution in [3.63, 3.8) is 0 Å². The van der Waals surface area contributed by atoms with E-state index in [1.807, 2.05) is 17.5 Å². The molecule has 0 spiro atoms. The fourth-order valence-electron chi connectivity index (χ4n) is 2.81. The second-order valence-corrected chi connectivity index (χ2v) is 7.21. The molecule has 4 rings (SSSR count). The Morgan fingerprint density at radius 2 is 2.14 bits per heavy atom. The number of aromatic nitrogens is 6. The van der Waals surface area contributed by atoms with Crippen LogP contribution in [0, 0.1) is 6.92 Å². The molecule has 152 valence electrons. The zero-order chi connectivity index (χ0) is 20.4. The number of hydrogen-bond acceptors (Lipinski definition) is 7. The van der Waals surface area contributed by atoms with Crippen LogP contribution in [0.15, 0.2) is 30.9 Å². The summed E-state index contributed by atoms with van der Waals surface area (Å²) in [6.45, 7) is 2.00. The van der Waals surface area contributed by atoms with Gasteiger partial charge in [0.05, 0.1) is 35.9 Å². The van der Waals surface area contributed by atoms with Crippen molar-refractivity contribution in [2.75, 3.05) is 11.9 Å². The molecule has 0 radical (unpaired) electrons. The maximum atomic E-state index is 12.2. The van der Waals surface area contributed by atoms with Gasteiger partial charge in [-0.15, -0.1) is 0 Å². The molecule has 0 unspecified atom stereocenters.